The van der Waals surface area contributed by atoms with Gasteiger partial charge >= 0.3 is 0 Å². The molecule has 1 aliphatic heterocycles. The van der Waals surface area contributed by atoms with Crippen molar-refractivity contribution in [3.8, 4) is 0 Å². The molecular weight excluding hydrogens is 324 g/mol. The molecule has 2 heterocycles. The van der Waals surface area contributed by atoms with Crippen LogP contribution in [-0.4, -0.2) is 27.1 Å². The number of aromatic nitrogens is 1. The SMILES string of the molecule is Cn1cccc1C1C(CO)c2ccccc2C(=O)N1Cc1ccccc1. The minimum atomic E-state index is -0.206. The lowest BCUT2D eigenvalue weighted by atomic mass is 9.81. The van der Waals surface area contributed by atoms with Gasteiger partial charge in [0.15, 0.2) is 0 Å². The molecule has 2 unspecified atom stereocenters. The summed E-state index contributed by atoms with van der Waals surface area (Å²) in [5.74, 6) is -0.137. The van der Waals surface area contributed by atoms with Crippen molar-refractivity contribution in [2.45, 2.75) is 18.5 Å². The second kappa shape index (κ2) is 6.81. The van der Waals surface area contributed by atoms with Crippen LogP contribution in [-0.2, 0) is 13.6 Å². The Labute approximate surface area is 153 Å². The minimum Gasteiger partial charge on any atom is -0.396 e. The van der Waals surface area contributed by atoms with Crippen molar-refractivity contribution in [3.63, 3.8) is 0 Å². The van der Waals surface area contributed by atoms with Crippen LogP contribution in [0.25, 0.3) is 0 Å². The molecule has 4 rings (SSSR count). The fourth-order valence-electron chi connectivity index (χ4n) is 3.98. The molecule has 1 aromatic heterocycles. The van der Waals surface area contributed by atoms with Gasteiger partial charge in [-0.2, -0.15) is 0 Å². The topological polar surface area (TPSA) is 45.5 Å². The van der Waals surface area contributed by atoms with Gasteiger partial charge in [0.05, 0.1) is 12.6 Å². The summed E-state index contributed by atoms with van der Waals surface area (Å²) < 4.78 is 2.03. The third kappa shape index (κ3) is 2.72. The molecule has 0 fully saturated rings. The molecular formula is C22H22N2O2. The third-order valence-corrected chi connectivity index (χ3v) is 5.25. The predicted octanol–water partition coefficient (Wildman–Crippen LogP) is 3.50. The van der Waals surface area contributed by atoms with Gasteiger partial charge in [-0.05, 0) is 29.3 Å². The number of aryl methyl sites for hydroxylation is 1. The van der Waals surface area contributed by atoms with E-state index < -0.39 is 0 Å². The summed E-state index contributed by atoms with van der Waals surface area (Å²) in [5.41, 5.74) is 3.72. The Morgan fingerprint density at radius 1 is 0.962 bits per heavy atom. The number of amides is 1. The van der Waals surface area contributed by atoms with Gasteiger partial charge in [-0.3, -0.25) is 4.79 Å². The first-order valence-electron chi connectivity index (χ1n) is 8.86. The number of nitrogens with zero attached hydrogens (tertiary/aromatic N) is 2. The summed E-state index contributed by atoms with van der Waals surface area (Å²) in [7, 11) is 1.98. The van der Waals surface area contributed by atoms with Crippen molar-refractivity contribution in [1.82, 2.24) is 9.47 Å². The quantitative estimate of drug-likeness (QED) is 0.786. The number of aliphatic hydroxyl groups is 1. The molecule has 132 valence electrons. The Kier molecular flexibility index (Phi) is 4.35. The maximum absolute atomic E-state index is 13.3. The van der Waals surface area contributed by atoms with Crippen molar-refractivity contribution in [3.05, 3.63) is 95.3 Å². The Hall–Kier alpha value is -2.85. The maximum atomic E-state index is 13.3. The summed E-state index contributed by atoms with van der Waals surface area (Å²) in [6, 6.07) is 21.5. The van der Waals surface area contributed by atoms with E-state index in [1.165, 1.54) is 0 Å². The van der Waals surface area contributed by atoms with Crippen molar-refractivity contribution < 1.29 is 9.90 Å². The molecule has 0 spiro atoms. The first-order chi connectivity index (χ1) is 12.7. The van der Waals surface area contributed by atoms with Gasteiger partial charge in [0, 0.05) is 37.0 Å². The first-order valence-corrected chi connectivity index (χ1v) is 8.86. The number of hydrogen-bond acceptors (Lipinski definition) is 2. The van der Waals surface area contributed by atoms with Crippen LogP contribution in [0.3, 0.4) is 0 Å². The van der Waals surface area contributed by atoms with Crippen LogP contribution in [0.2, 0.25) is 0 Å². The number of rotatable bonds is 4. The van der Waals surface area contributed by atoms with E-state index in [2.05, 4.69) is 0 Å². The average molecular weight is 346 g/mol. The van der Waals surface area contributed by atoms with E-state index in [1.54, 1.807) is 0 Å². The van der Waals surface area contributed by atoms with Gasteiger partial charge < -0.3 is 14.6 Å². The summed E-state index contributed by atoms with van der Waals surface area (Å²) in [4.78, 5) is 15.2. The van der Waals surface area contributed by atoms with Crippen molar-refractivity contribution >= 4 is 5.91 Å². The molecule has 26 heavy (non-hydrogen) atoms. The summed E-state index contributed by atoms with van der Waals surface area (Å²) in [5, 5.41) is 10.2. The Balaban J connectivity index is 1.85. The van der Waals surface area contributed by atoms with Crippen molar-refractivity contribution in [1.29, 1.82) is 0 Å². The molecule has 2 aromatic carbocycles. The first kappa shape index (κ1) is 16.6. The van der Waals surface area contributed by atoms with E-state index in [-0.39, 0.29) is 24.5 Å². The van der Waals surface area contributed by atoms with Gasteiger partial charge in [-0.15, -0.1) is 0 Å². The van der Waals surface area contributed by atoms with Crippen LogP contribution in [0, 0.1) is 0 Å². The monoisotopic (exact) mass is 346 g/mol. The zero-order valence-electron chi connectivity index (χ0n) is 14.7. The van der Waals surface area contributed by atoms with Gasteiger partial charge in [-0.1, -0.05) is 48.5 Å². The van der Waals surface area contributed by atoms with E-state index in [1.807, 2.05) is 89.4 Å². The van der Waals surface area contributed by atoms with Crippen LogP contribution >= 0.6 is 0 Å². The lowest BCUT2D eigenvalue weighted by molar-refractivity contribution is 0.0529. The molecule has 0 saturated heterocycles. The van der Waals surface area contributed by atoms with E-state index in [9.17, 15) is 9.90 Å². The van der Waals surface area contributed by atoms with Gasteiger partial charge in [0.1, 0.15) is 0 Å². The number of aliphatic hydroxyl groups excluding tert-OH is 1. The molecule has 0 aliphatic carbocycles. The molecule has 4 heteroatoms. The highest BCUT2D eigenvalue weighted by Crippen LogP contribution is 2.43. The lowest BCUT2D eigenvalue weighted by Gasteiger charge is -2.42. The fourth-order valence-corrected chi connectivity index (χ4v) is 3.98. The highest BCUT2D eigenvalue weighted by Gasteiger charge is 2.41. The number of benzene rings is 2. The molecule has 4 nitrogen and oxygen atoms in total. The summed E-state index contributed by atoms with van der Waals surface area (Å²) in [6.45, 7) is 0.506. The van der Waals surface area contributed by atoms with Crippen LogP contribution < -0.4 is 0 Å². The molecule has 2 atom stereocenters. The molecule has 1 amide bonds. The van der Waals surface area contributed by atoms with Crippen LogP contribution in [0.4, 0.5) is 0 Å². The minimum absolute atomic E-state index is 0.00850. The van der Waals surface area contributed by atoms with E-state index >= 15 is 0 Å². The van der Waals surface area contributed by atoms with E-state index in [4.69, 9.17) is 0 Å². The smallest absolute Gasteiger partial charge is 0.255 e. The standard InChI is InChI=1S/C22H22N2O2/c1-23-13-7-12-20(23)21-19(15-25)17-10-5-6-11-18(17)22(26)24(21)14-16-8-3-2-4-9-16/h2-13,19,21,25H,14-15H2,1H3. The largest absolute Gasteiger partial charge is 0.396 e. The number of hydrogen-bond donors (Lipinski definition) is 1. The predicted molar refractivity (Wildman–Crippen MR) is 101 cm³/mol. The van der Waals surface area contributed by atoms with Crippen molar-refractivity contribution in [2.24, 2.45) is 7.05 Å². The molecule has 1 aliphatic rings. The zero-order chi connectivity index (χ0) is 18.1. The molecule has 0 bridgehead atoms. The summed E-state index contributed by atoms with van der Waals surface area (Å²) in [6.07, 6.45) is 1.98. The van der Waals surface area contributed by atoms with Crippen molar-refractivity contribution in [2.75, 3.05) is 6.61 Å². The number of carbonyl (C=O) groups excluding carboxylic acids is 1. The van der Waals surface area contributed by atoms with Crippen LogP contribution in [0.5, 0.6) is 0 Å². The third-order valence-electron chi connectivity index (χ3n) is 5.25. The molecule has 3 aromatic rings. The second-order valence-electron chi connectivity index (χ2n) is 6.78. The molecule has 0 saturated carbocycles. The van der Waals surface area contributed by atoms with E-state index in [0.717, 1.165) is 16.8 Å². The van der Waals surface area contributed by atoms with E-state index in [0.29, 0.717) is 12.1 Å². The highest BCUT2D eigenvalue weighted by atomic mass is 16.3. The van der Waals surface area contributed by atoms with Crippen LogP contribution in [0.1, 0.15) is 39.1 Å². The van der Waals surface area contributed by atoms with Gasteiger partial charge in [0.25, 0.3) is 5.91 Å². The van der Waals surface area contributed by atoms with Crippen LogP contribution in [0.15, 0.2) is 72.9 Å². The zero-order valence-corrected chi connectivity index (χ0v) is 14.7. The highest BCUT2D eigenvalue weighted by molar-refractivity contribution is 5.97. The number of fused-ring (bicyclic) bond motifs is 1. The van der Waals surface area contributed by atoms with Gasteiger partial charge in [0.2, 0.25) is 0 Å². The Morgan fingerprint density at radius 2 is 1.69 bits per heavy atom. The summed E-state index contributed by atoms with van der Waals surface area (Å²) >= 11 is 0. The lowest BCUT2D eigenvalue weighted by Crippen LogP contribution is -2.43. The molecule has 0 radical (unpaired) electrons. The maximum Gasteiger partial charge on any atom is 0.255 e. The second-order valence-corrected chi connectivity index (χ2v) is 6.78. The Morgan fingerprint density at radius 3 is 2.38 bits per heavy atom. The number of carbonyl (C=O) groups is 1. The Bertz CT molecular complexity index is 917. The average Bonchev–Trinajstić information content (AvgIpc) is 3.10. The molecule has 1 N–H and O–H groups in total. The normalized spacial score (nSPS) is 19.5. The van der Waals surface area contributed by atoms with Gasteiger partial charge in [-0.25, -0.2) is 0 Å². The fraction of sp³-hybridized carbons (Fsp3) is 0.227.